The molecule has 1 amide bonds. The molecule has 2 aromatic rings. The van der Waals surface area contributed by atoms with E-state index in [1.54, 1.807) is 26.8 Å². The van der Waals surface area contributed by atoms with Gasteiger partial charge in [-0.2, -0.15) is 0 Å². The molecule has 0 saturated heterocycles. The van der Waals surface area contributed by atoms with Gasteiger partial charge in [0.25, 0.3) is 0 Å². The molecule has 0 radical (unpaired) electrons. The highest BCUT2D eigenvalue weighted by molar-refractivity contribution is 6.42. The summed E-state index contributed by atoms with van der Waals surface area (Å²) in [6.45, 7) is 5.25. The average Bonchev–Trinajstić information content (AvgIpc) is 2.50. The van der Waals surface area contributed by atoms with Gasteiger partial charge in [0.2, 0.25) is 0 Å². The molecule has 0 aliphatic carbocycles. The highest BCUT2D eigenvalue weighted by Crippen LogP contribution is 2.39. The highest BCUT2D eigenvalue weighted by atomic mass is 35.5. The highest BCUT2D eigenvalue weighted by Gasteiger charge is 2.21. The summed E-state index contributed by atoms with van der Waals surface area (Å²) < 4.78 is 5.13. The number of aromatic nitrogens is 1. The Labute approximate surface area is 155 Å². The average molecular weight is 385 g/mol. The molecule has 0 saturated carbocycles. The zero-order chi connectivity index (χ0) is 18.8. The molecule has 8 heteroatoms. The fraction of sp³-hybridized carbons (Fsp3) is 0.294. The first kappa shape index (κ1) is 19.3. The van der Waals surface area contributed by atoms with E-state index in [9.17, 15) is 15.0 Å². The Balaban J connectivity index is 2.18. The monoisotopic (exact) mass is 384 g/mol. The van der Waals surface area contributed by atoms with Crippen molar-refractivity contribution in [3.63, 3.8) is 0 Å². The van der Waals surface area contributed by atoms with E-state index < -0.39 is 17.8 Å². The Hall–Kier alpha value is -2.02. The van der Waals surface area contributed by atoms with Crippen LogP contribution in [-0.4, -0.2) is 26.9 Å². The number of hydrogen-bond donors (Lipinski definition) is 3. The van der Waals surface area contributed by atoms with Gasteiger partial charge in [-0.1, -0.05) is 29.3 Å². The SMILES string of the molecule is CC(C)(C)OC(=O)Nc1ccc(C(O)c2c(O)ccc(Cl)c2Cl)cn1. The molecule has 6 nitrogen and oxygen atoms in total. The van der Waals surface area contributed by atoms with Crippen LogP contribution in [0.1, 0.15) is 38.0 Å². The van der Waals surface area contributed by atoms with Crippen LogP contribution in [0.25, 0.3) is 0 Å². The number of pyridine rings is 1. The van der Waals surface area contributed by atoms with Gasteiger partial charge in [0, 0.05) is 17.3 Å². The van der Waals surface area contributed by atoms with Gasteiger partial charge in [-0.05, 0) is 39.0 Å². The fourth-order valence-corrected chi connectivity index (χ4v) is 2.46. The number of halogens is 2. The quantitative estimate of drug-likeness (QED) is 0.723. The molecule has 1 heterocycles. The number of nitrogens with one attached hydrogen (secondary N) is 1. The Morgan fingerprint density at radius 2 is 1.92 bits per heavy atom. The van der Waals surface area contributed by atoms with E-state index in [0.29, 0.717) is 5.56 Å². The van der Waals surface area contributed by atoms with Crippen LogP contribution in [0.4, 0.5) is 10.6 Å². The van der Waals surface area contributed by atoms with Gasteiger partial charge in [-0.25, -0.2) is 9.78 Å². The number of amides is 1. The normalized spacial score (nSPS) is 12.6. The third-order valence-electron chi connectivity index (χ3n) is 3.11. The van der Waals surface area contributed by atoms with E-state index in [2.05, 4.69) is 10.3 Å². The van der Waals surface area contributed by atoms with Gasteiger partial charge < -0.3 is 14.9 Å². The van der Waals surface area contributed by atoms with Crippen molar-refractivity contribution in [2.45, 2.75) is 32.5 Å². The van der Waals surface area contributed by atoms with Gasteiger partial charge in [0.15, 0.2) is 0 Å². The summed E-state index contributed by atoms with van der Waals surface area (Å²) in [5.41, 5.74) is -0.167. The standard InChI is InChI=1S/C17H18Cl2N2O4/c1-17(2,3)25-16(24)21-12-7-4-9(8-20-12)15(23)13-11(22)6-5-10(18)14(13)19/h4-8,15,22-23H,1-3H3,(H,20,21,24). The lowest BCUT2D eigenvalue weighted by Gasteiger charge is -2.19. The molecule has 1 aromatic heterocycles. The molecule has 0 aliphatic heterocycles. The maximum Gasteiger partial charge on any atom is 0.413 e. The number of ether oxygens (including phenoxy) is 1. The largest absolute Gasteiger partial charge is 0.508 e. The summed E-state index contributed by atoms with van der Waals surface area (Å²) in [5.74, 6) is 0.0736. The van der Waals surface area contributed by atoms with Crippen molar-refractivity contribution in [1.29, 1.82) is 0 Å². The van der Waals surface area contributed by atoms with Crippen molar-refractivity contribution in [2.24, 2.45) is 0 Å². The fourth-order valence-electron chi connectivity index (χ4n) is 2.03. The van der Waals surface area contributed by atoms with Crippen LogP contribution in [0.3, 0.4) is 0 Å². The van der Waals surface area contributed by atoms with Gasteiger partial charge >= 0.3 is 6.09 Å². The van der Waals surface area contributed by atoms with E-state index in [1.807, 2.05) is 0 Å². The van der Waals surface area contributed by atoms with Crippen molar-refractivity contribution in [2.75, 3.05) is 5.32 Å². The predicted molar refractivity (Wildman–Crippen MR) is 96.3 cm³/mol. The molecule has 2 rings (SSSR count). The number of carbonyl (C=O) groups excluding carboxylic acids is 1. The summed E-state index contributed by atoms with van der Waals surface area (Å²) in [6, 6.07) is 5.82. The van der Waals surface area contributed by atoms with Crippen molar-refractivity contribution < 1.29 is 19.7 Å². The second-order valence-corrected chi connectivity index (χ2v) is 7.09. The second-order valence-electron chi connectivity index (χ2n) is 6.30. The van der Waals surface area contributed by atoms with Crippen LogP contribution in [-0.2, 0) is 4.74 Å². The van der Waals surface area contributed by atoms with Gasteiger partial charge in [-0.3, -0.25) is 5.32 Å². The number of rotatable bonds is 3. The second kappa shape index (κ2) is 7.47. The number of aliphatic hydroxyl groups excluding tert-OH is 1. The van der Waals surface area contributed by atoms with Gasteiger partial charge in [-0.15, -0.1) is 0 Å². The molecule has 25 heavy (non-hydrogen) atoms. The maximum absolute atomic E-state index is 11.7. The first-order valence-electron chi connectivity index (χ1n) is 7.39. The van der Waals surface area contributed by atoms with E-state index in [1.165, 1.54) is 24.4 Å². The zero-order valence-corrected chi connectivity index (χ0v) is 15.4. The molecular weight excluding hydrogens is 367 g/mol. The molecule has 3 N–H and O–H groups in total. The lowest BCUT2D eigenvalue weighted by atomic mass is 10.0. The minimum atomic E-state index is -1.23. The van der Waals surface area contributed by atoms with Gasteiger partial charge in [0.1, 0.15) is 23.3 Å². The number of nitrogens with zero attached hydrogens (tertiary/aromatic N) is 1. The lowest BCUT2D eigenvalue weighted by Crippen LogP contribution is -2.27. The summed E-state index contributed by atoms with van der Waals surface area (Å²) in [7, 11) is 0. The van der Waals surface area contributed by atoms with E-state index in [0.717, 1.165) is 0 Å². The molecule has 0 spiro atoms. The summed E-state index contributed by atoms with van der Waals surface area (Å²) in [5, 5.41) is 23.1. The molecular formula is C17H18Cl2N2O4. The van der Waals surface area contributed by atoms with Crippen LogP contribution in [0.15, 0.2) is 30.5 Å². The third-order valence-corrected chi connectivity index (χ3v) is 3.93. The topological polar surface area (TPSA) is 91.7 Å². The summed E-state index contributed by atoms with van der Waals surface area (Å²) in [4.78, 5) is 15.8. The molecule has 0 bridgehead atoms. The molecule has 1 aromatic carbocycles. The summed E-state index contributed by atoms with van der Waals surface area (Å²) in [6.07, 6.45) is -0.508. The van der Waals surface area contributed by atoms with E-state index >= 15 is 0 Å². The van der Waals surface area contributed by atoms with Crippen molar-refractivity contribution in [3.05, 3.63) is 51.6 Å². The van der Waals surface area contributed by atoms with Crippen LogP contribution < -0.4 is 5.32 Å². The Morgan fingerprint density at radius 1 is 1.24 bits per heavy atom. The summed E-state index contributed by atoms with van der Waals surface area (Å²) >= 11 is 12.0. The Kier molecular flexibility index (Phi) is 5.77. The Morgan fingerprint density at radius 3 is 2.48 bits per heavy atom. The van der Waals surface area contributed by atoms with Gasteiger partial charge in [0.05, 0.1) is 10.0 Å². The third kappa shape index (κ3) is 4.98. The molecule has 134 valence electrons. The molecule has 0 aliphatic rings. The van der Waals surface area contributed by atoms with Crippen LogP contribution in [0.5, 0.6) is 5.75 Å². The molecule has 1 atom stereocenters. The predicted octanol–water partition coefficient (Wildman–Crippen LogP) is 4.52. The number of aliphatic hydroxyl groups is 1. The Bertz CT molecular complexity index is 773. The number of phenols is 1. The van der Waals surface area contributed by atoms with Crippen LogP contribution in [0.2, 0.25) is 10.0 Å². The lowest BCUT2D eigenvalue weighted by molar-refractivity contribution is 0.0635. The zero-order valence-electron chi connectivity index (χ0n) is 13.9. The minimum Gasteiger partial charge on any atom is -0.508 e. The molecule has 0 fully saturated rings. The van der Waals surface area contributed by atoms with Crippen molar-refractivity contribution in [1.82, 2.24) is 4.98 Å². The number of phenolic OH excluding ortho intramolecular Hbond substituents is 1. The number of carbonyl (C=O) groups is 1. The maximum atomic E-state index is 11.7. The van der Waals surface area contributed by atoms with Crippen molar-refractivity contribution in [3.8, 4) is 5.75 Å². The van der Waals surface area contributed by atoms with E-state index in [-0.39, 0.29) is 27.2 Å². The minimum absolute atomic E-state index is 0.0603. The smallest absolute Gasteiger partial charge is 0.413 e. The number of anilines is 1. The first-order valence-corrected chi connectivity index (χ1v) is 8.15. The van der Waals surface area contributed by atoms with Crippen LogP contribution in [0, 0.1) is 0 Å². The first-order chi connectivity index (χ1) is 11.6. The number of hydrogen-bond acceptors (Lipinski definition) is 5. The van der Waals surface area contributed by atoms with Crippen molar-refractivity contribution >= 4 is 35.1 Å². The van der Waals surface area contributed by atoms with E-state index in [4.69, 9.17) is 27.9 Å². The number of benzene rings is 1. The van der Waals surface area contributed by atoms with Crippen LogP contribution >= 0.6 is 23.2 Å². The molecule has 1 unspecified atom stereocenters. The number of aromatic hydroxyl groups is 1.